The van der Waals surface area contributed by atoms with Crippen molar-refractivity contribution in [3.63, 3.8) is 0 Å². The maximum absolute atomic E-state index is 3.82. The van der Waals surface area contributed by atoms with E-state index in [4.69, 9.17) is 0 Å². The molecule has 2 rings (SSSR count). The Morgan fingerprint density at radius 2 is 1.86 bits per heavy atom. The number of hydrogen-bond donors (Lipinski definition) is 2. The second kappa shape index (κ2) is 3.49. The van der Waals surface area contributed by atoms with Gasteiger partial charge < -0.3 is 10.6 Å². The summed E-state index contributed by atoms with van der Waals surface area (Å²) in [6, 6.07) is 2.18. The van der Waals surface area contributed by atoms with E-state index in [0.29, 0.717) is 17.5 Å². The minimum absolute atomic E-state index is 0.417. The highest BCUT2D eigenvalue weighted by molar-refractivity contribution is 4.99. The quantitative estimate of drug-likeness (QED) is 0.617. The van der Waals surface area contributed by atoms with E-state index in [1.165, 1.54) is 19.4 Å². The van der Waals surface area contributed by atoms with Crippen molar-refractivity contribution in [2.75, 3.05) is 6.54 Å². The molecule has 2 heterocycles. The Labute approximate surface area is 87.8 Å². The van der Waals surface area contributed by atoms with E-state index in [0.717, 1.165) is 12.0 Å². The molecule has 2 saturated heterocycles. The number of nitrogens with one attached hydrogen (secondary N) is 2. The molecule has 2 aliphatic rings. The van der Waals surface area contributed by atoms with E-state index in [2.05, 4.69) is 38.3 Å². The zero-order chi connectivity index (χ0) is 10.3. The minimum Gasteiger partial charge on any atom is -0.314 e. The molecule has 0 bridgehead atoms. The summed E-state index contributed by atoms with van der Waals surface area (Å²) in [6.07, 6.45) is 2.66. The van der Waals surface area contributed by atoms with Gasteiger partial charge in [-0.1, -0.05) is 20.8 Å². The average molecular weight is 196 g/mol. The molecule has 82 valence electrons. The fourth-order valence-electron chi connectivity index (χ4n) is 2.84. The average Bonchev–Trinajstić information content (AvgIpc) is 2.45. The molecule has 4 atom stereocenters. The van der Waals surface area contributed by atoms with E-state index < -0.39 is 0 Å². The van der Waals surface area contributed by atoms with Gasteiger partial charge in [-0.2, -0.15) is 0 Å². The third-order valence-electron chi connectivity index (χ3n) is 3.90. The van der Waals surface area contributed by atoms with Crippen molar-refractivity contribution in [3.8, 4) is 0 Å². The van der Waals surface area contributed by atoms with Gasteiger partial charge in [0, 0.05) is 18.1 Å². The van der Waals surface area contributed by atoms with Gasteiger partial charge in [0.2, 0.25) is 0 Å². The molecule has 2 aliphatic heterocycles. The molecule has 2 N–H and O–H groups in total. The van der Waals surface area contributed by atoms with Gasteiger partial charge in [0.25, 0.3) is 0 Å². The van der Waals surface area contributed by atoms with Crippen LogP contribution in [0.2, 0.25) is 0 Å². The van der Waals surface area contributed by atoms with Crippen LogP contribution in [0.15, 0.2) is 0 Å². The highest BCUT2D eigenvalue weighted by Crippen LogP contribution is 2.34. The zero-order valence-corrected chi connectivity index (χ0v) is 9.93. The molecule has 0 spiro atoms. The van der Waals surface area contributed by atoms with E-state index in [9.17, 15) is 0 Å². The lowest BCUT2D eigenvalue weighted by Crippen LogP contribution is -2.47. The van der Waals surface area contributed by atoms with Gasteiger partial charge in [-0.3, -0.25) is 0 Å². The molecule has 0 aliphatic carbocycles. The highest BCUT2D eigenvalue weighted by Gasteiger charge is 2.41. The topological polar surface area (TPSA) is 24.1 Å². The molecule has 2 nitrogen and oxygen atoms in total. The molecule has 0 saturated carbocycles. The largest absolute Gasteiger partial charge is 0.314 e. The smallest absolute Gasteiger partial charge is 0.0126 e. The number of rotatable bonds is 0. The Balaban J connectivity index is 1.99. The van der Waals surface area contributed by atoms with Crippen LogP contribution >= 0.6 is 0 Å². The Morgan fingerprint density at radius 3 is 2.50 bits per heavy atom. The van der Waals surface area contributed by atoms with Crippen LogP contribution in [-0.4, -0.2) is 24.7 Å². The molecule has 0 aromatic heterocycles. The van der Waals surface area contributed by atoms with E-state index >= 15 is 0 Å². The molecule has 0 aromatic rings. The van der Waals surface area contributed by atoms with E-state index in [-0.39, 0.29) is 0 Å². The Morgan fingerprint density at radius 1 is 1.14 bits per heavy atom. The lowest BCUT2D eigenvalue weighted by molar-refractivity contribution is 0.279. The minimum atomic E-state index is 0.417. The Hall–Kier alpha value is -0.0800. The second-order valence-electron chi connectivity index (χ2n) is 6.23. The third-order valence-corrected chi connectivity index (χ3v) is 3.90. The zero-order valence-electron chi connectivity index (χ0n) is 9.93. The van der Waals surface area contributed by atoms with Crippen molar-refractivity contribution in [2.45, 2.75) is 58.7 Å². The normalized spacial score (nSPS) is 43.7. The Kier molecular flexibility index (Phi) is 2.61. The van der Waals surface area contributed by atoms with Crippen molar-refractivity contribution in [1.29, 1.82) is 0 Å². The van der Waals surface area contributed by atoms with E-state index in [1.807, 2.05) is 0 Å². The van der Waals surface area contributed by atoms with Crippen molar-refractivity contribution in [1.82, 2.24) is 10.6 Å². The van der Waals surface area contributed by atoms with Gasteiger partial charge in [-0.05, 0) is 37.6 Å². The lowest BCUT2D eigenvalue weighted by Gasteiger charge is -2.31. The highest BCUT2D eigenvalue weighted by atomic mass is 15.1. The molecular formula is C12H24N2. The van der Waals surface area contributed by atoms with Gasteiger partial charge in [0.1, 0.15) is 0 Å². The second-order valence-corrected chi connectivity index (χ2v) is 6.23. The summed E-state index contributed by atoms with van der Waals surface area (Å²) in [5, 5.41) is 7.41. The molecular weight excluding hydrogens is 172 g/mol. The molecule has 0 radical (unpaired) electrons. The first kappa shape index (κ1) is 10.4. The lowest BCUT2D eigenvalue weighted by atomic mass is 9.83. The summed E-state index contributed by atoms with van der Waals surface area (Å²) < 4.78 is 0. The summed E-state index contributed by atoms with van der Waals surface area (Å²) in [4.78, 5) is 0. The summed E-state index contributed by atoms with van der Waals surface area (Å²) in [5.74, 6) is 0.871. The summed E-state index contributed by atoms with van der Waals surface area (Å²) in [5.41, 5.74) is 0.417. The number of hydrogen-bond acceptors (Lipinski definition) is 2. The fraction of sp³-hybridized carbons (Fsp3) is 1.00. The van der Waals surface area contributed by atoms with Gasteiger partial charge in [0.15, 0.2) is 0 Å². The number of piperidine rings is 1. The standard InChI is InChI=1S/C12H24N2/c1-8-5-10-9(7-13-8)6-11(14-10)12(2,3)4/h8-11,13-14H,5-7H2,1-4H3. The van der Waals surface area contributed by atoms with Crippen molar-refractivity contribution >= 4 is 0 Å². The van der Waals surface area contributed by atoms with Crippen molar-refractivity contribution in [2.24, 2.45) is 11.3 Å². The Bertz CT molecular complexity index is 207. The van der Waals surface area contributed by atoms with Crippen LogP contribution in [0.25, 0.3) is 0 Å². The monoisotopic (exact) mass is 196 g/mol. The van der Waals surface area contributed by atoms with Crippen LogP contribution in [0, 0.1) is 11.3 Å². The fourth-order valence-corrected chi connectivity index (χ4v) is 2.84. The first-order valence-electron chi connectivity index (χ1n) is 5.96. The molecule has 2 heteroatoms. The number of fused-ring (bicyclic) bond motifs is 1. The van der Waals surface area contributed by atoms with Crippen LogP contribution in [-0.2, 0) is 0 Å². The van der Waals surface area contributed by atoms with Crippen LogP contribution in [0.4, 0.5) is 0 Å². The predicted molar refractivity (Wildman–Crippen MR) is 60.4 cm³/mol. The molecule has 0 aromatic carbocycles. The van der Waals surface area contributed by atoms with Crippen LogP contribution < -0.4 is 10.6 Å². The molecule has 0 amide bonds. The summed E-state index contributed by atoms with van der Waals surface area (Å²) in [7, 11) is 0. The SMILES string of the molecule is CC1CC2NC(C(C)(C)C)CC2CN1. The van der Waals surface area contributed by atoms with Crippen LogP contribution in [0.1, 0.15) is 40.5 Å². The first-order valence-corrected chi connectivity index (χ1v) is 5.96. The first-order chi connectivity index (χ1) is 6.47. The van der Waals surface area contributed by atoms with Gasteiger partial charge in [-0.15, -0.1) is 0 Å². The van der Waals surface area contributed by atoms with Crippen molar-refractivity contribution in [3.05, 3.63) is 0 Å². The molecule has 14 heavy (non-hydrogen) atoms. The van der Waals surface area contributed by atoms with Gasteiger partial charge in [0.05, 0.1) is 0 Å². The maximum Gasteiger partial charge on any atom is 0.0126 e. The summed E-state index contributed by atoms with van der Waals surface area (Å²) >= 11 is 0. The van der Waals surface area contributed by atoms with Crippen LogP contribution in [0.5, 0.6) is 0 Å². The van der Waals surface area contributed by atoms with Crippen molar-refractivity contribution < 1.29 is 0 Å². The molecule has 2 fully saturated rings. The summed E-state index contributed by atoms with van der Waals surface area (Å²) in [6.45, 7) is 10.5. The van der Waals surface area contributed by atoms with Gasteiger partial charge in [-0.25, -0.2) is 0 Å². The van der Waals surface area contributed by atoms with E-state index in [1.54, 1.807) is 0 Å². The maximum atomic E-state index is 3.82. The molecule has 4 unspecified atom stereocenters. The predicted octanol–water partition coefficient (Wildman–Crippen LogP) is 1.76. The third kappa shape index (κ3) is 1.96. The van der Waals surface area contributed by atoms with Crippen LogP contribution in [0.3, 0.4) is 0 Å². The van der Waals surface area contributed by atoms with Gasteiger partial charge >= 0.3 is 0 Å².